The van der Waals surface area contributed by atoms with Crippen LogP contribution >= 0.6 is 12.4 Å². The Morgan fingerprint density at radius 2 is 1.50 bits per heavy atom. The molecule has 0 saturated heterocycles. The average molecular weight is 225 g/mol. The topological polar surface area (TPSA) is 60.9 Å². The molecule has 1 N–H and O–H groups in total. The number of imide groups is 1. The minimum atomic E-state index is -1.19. The van der Waals surface area contributed by atoms with Crippen LogP contribution in [0.1, 0.15) is 20.8 Å². The number of carbonyl (C=O) groups is 2. The van der Waals surface area contributed by atoms with Gasteiger partial charge in [0.2, 0.25) is 0 Å². The van der Waals surface area contributed by atoms with E-state index in [0.717, 1.165) is 4.90 Å². The number of hydrogen-bond donors (Lipinski definition) is 1. The van der Waals surface area contributed by atoms with Crippen molar-refractivity contribution < 1.29 is 14.7 Å². The van der Waals surface area contributed by atoms with Crippen molar-refractivity contribution in [1.29, 1.82) is 0 Å². The number of amides is 3. The lowest BCUT2D eigenvalue weighted by atomic mass is 10.5. The molecule has 0 rings (SSSR count). The van der Waals surface area contributed by atoms with Crippen LogP contribution in [0.3, 0.4) is 0 Å². The molecule has 0 spiro atoms. The molecule has 0 unspecified atom stereocenters. The highest BCUT2D eigenvalue weighted by molar-refractivity contribution is 5.89. The van der Waals surface area contributed by atoms with Crippen LogP contribution in [0.25, 0.3) is 0 Å². The standard InChI is InChI=1S/C8H16N2O3.ClH/c1-4-9(5-2)7(11)10(6-3)8(12)13;/h4-6H2,1-3H3,(H,12,13);1H. The van der Waals surface area contributed by atoms with Gasteiger partial charge in [0, 0.05) is 19.6 Å². The number of carboxylic acid groups (broad SMARTS) is 1. The summed E-state index contributed by atoms with van der Waals surface area (Å²) < 4.78 is 0. The second-order valence-corrected chi connectivity index (χ2v) is 2.48. The van der Waals surface area contributed by atoms with Gasteiger partial charge in [-0.05, 0) is 20.8 Å². The minimum Gasteiger partial charge on any atom is -0.465 e. The van der Waals surface area contributed by atoms with Gasteiger partial charge in [-0.1, -0.05) is 0 Å². The fourth-order valence-electron chi connectivity index (χ4n) is 1.02. The number of urea groups is 1. The van der Waals surface area contributed by atoms with Crippen LogP contribution in [-0.4, -0.2) is 46.7 Å². The van der Waals surface area contributed by atoms with Gasteiger partial charge in [-0.2, -0.15) is 0 Å². The number of carbonyl (C=O) groups excluding carboxylic acids is 1. The average Bonchev–Trinajstić information content (AvgIpc) is 2.07. The van der Waals surface area contributed by atoms with Crippen molar-refractivity contribution in [3.8, 4) is 0 Å². The summed E-state index contributed by atoms with van der Waals surface area (Å²) in [5, 5.41) is 8.66. The van der Waals surface area contributed by atoms with Crippen LogP contribution in [0.5, 0.6) is 0 Å². The summed E-state index contributed by atoms with van der Waals surface area (Å²) in [6.45, 7) is 6.51. The molecular weight excluding hydrogens is 208 g/mol. The Hall–Kier alpha value is -0.970. The van der Waals surface area contributed by atoms with Gasteiger partial charge >= 0.3 is 12.1 Å². The van der Waals surface area contributed by atoms with Gasteiger partial charge in [0.1, 0.15) is 0 Å². The van der Waals surface area contributed by atoms with E-state index in [1.54, 1.807) is 6.92 Å². The number of hydrogen-bond acceptors (Lipinski definition) is 2. The first-order valence-corrected chi connectivity index (χ1v) is 4.37. The third-order valence-corrected chi connectivity index (χ3v) is 1.81. The highest BCUT2D eigenvalue weighted by atomic mass is 35.5. The molecule has 0 radical (unpaired) electrons. The van der Waals surface area contributed by atoms with E-state index in [1.807, 2.05) is 13.8 Å². The van der Waals surface area contributed by atoms with E-state index in [1.165, 1.54) is 4.90 Å². The second kappa shape index (κ2) is 7.44. The summed E-state index contributed by atoms with van der Waals surface area (Å²) in [4.78, 5) is 24.3. The van der Waals surface area contributed by atoms with Crippen molar-refractivity contribution in [2.75, 3.05) is 19.6 Å². The van der Waals surface area contributed by atoms with Gasteiger partial charge in [0.25, 0.3) is 0 Å². The van der Waals surface area contributed by atoms with Crippen LogP contribution in [0.4, 0.5) is 9.59 Å². The molecule has 0 aliphatic rings. The van der Waals surface area contributed by atoms with Crippen LogP contribution in [0.2, 0.25) is 0 Å². The number of rotatable bonds is 3. The van der Waals surface area contributed by atoms with E-state index >= 15 is 0 Å². The smallest absolute Gasteiger partial charge is 0.415 e. The van der Waals surface area contributed by atoms with E-state index in [2.05, 4.69) is 0 Å². The Morgan fingerprint density at radius 3 is 1.71 bits per heavy atom. The van der Waals surface area contributed by atoms with Gasteiger partial charge < -0.3 is 10.0 Å². The summed E-state index contributed by atoms with van der Waals surface area (Å²) in [7, 11) is 0. The molecule has 0 bridgehead atoms. The summed E-state index contributed by atoms with van der Waals surface area (Å²) in [6.07, 6.45) is -1.19. The lowest BCUT2D eigenvalue weighted by Gasteiger charge is -2.24. The van der Waals surface area contributed by atoms with Crippen LogP contribution in [0.15, 0.2) is 0 Å². The quantitative estimate of drug-likeness (QED) is 0.796. The van der Waals surface area contributed by atoms with Gasteiger partial charge in [-0.15, -0.1) is 12.4 Å². The fourth-order valence-corrected chi connectivity index (χ4v) is 1.02. The molecule has 0 aliphatic heterocycles. The first kappa shape index (κ1) is 15.5. The van der Waals surface area contributed by atoms with Crippen molar-refractivity contribution in [3.63, 3.8) is 0 Å². The van der Waals surface area contributed by atoms with E-state index in [9.17, 15) is 9.59 Å². The Kier molecular flexibility index (Phi) is 8.23. The monoisotopic (exact) mass is 224 g/mol. The molecule has 0 aromatic heterocycles. The number of halogens is 1. The Labute approximate surface area is 90.1 Å². The first-order valence-electron chi connectivity index (χ1n) is 4.37. The molecule has 84 valence electrons. The molecule has 0 aromatic rings. The van der Waals surface area contributed by atoms with Crippen molar-refractivity contribution >= 4 is 24.5 Å². The van der Waals surface area contributed by atoms with Crippen molar-refractivity contribution in [2.45, 2.75) is 20.8 Å². The predicted octanol–water partition coefficient (Wildman–Crippen LogP) is 1.87. The lowest BCUT2D eigenvalue weighted by molar-refractivity contribution is 0.132. The zero-order valence-electron chi connectivity index (χ0n) is 8.69. The zero-order chi connectivity index (χ0) is 10.4. The molecular formula is C8H17ClN2O3. The Morgan fingerprint density at radius 1 is 1.07 bits per heavy atom. The van der Waals surface area contributed by atoms with Gasteiger partial charge in [0.05, 0.1) is 0 Å². The van der Waals surface area contributed by atoms with Gasteiger partial charge in [-0.25, -0.2) is 14.5 Å². The largest absolute Gasteiger partial charge is 0.465 e. The van der Waals surface area contributed by atoms with E-state index in [4.69, 9.17) is 5.11 Å². The number of nitrogens with zero attached hydrogens (tertiary/aromatic N) is 2. The van der Waals surface area contributed by atoms with Crippen molar-refractivity contribution in [2.24, 2.45) is 0 Å². The first-order chi connectivity index (χ1) is 6.08. The molecule has 0 aromatic carbocycles. The highest BCUT2D eigenvalue weighted by Crippen LogP contribution is 1.99. The molecule has 3 amide bonds. The molecule has 0 atom stereocenters. The van der Waals surface area contributed by atoms with E-state index in [-0.39, 0.29) is 19.0 Å². The SMILES string of the molecule is CCN(CC)C(=O)N(CC)C(=O)O.Cl. The molecule has 0 fully saturated rings. The third kappa shape index (κ3) is 3.83. The normalized spacial score (nSPS) is 8.79. The second-order valence-electron chi connectivity index (χ2n) is 2.48. The van der Waals surface area contributed by atoms with Crippen LogP contribution in [-0.2, 0) is 0 Å². The minimum absolute atomic E-state index is 0. The maximum atomic E-state index is 11.4. The molecule has 14 heavy (non-hydrogen) atoms. The summed E-state index contributed by atoms with van der Waals surface area (Å²) >= 11 is 0. The lowest BCUT2D eigenvalue weighted by Crippen LogP contribution is -2.45. The van der Waals surface area contributed by atoms with Gasteiger partial charge in [0.15, 0.2) is 0 Å². The molecule has 0 heterocycles. The summed E-state index contributed by atoms with van der Waals surface area (Å²) in [6, 6.07) is -0.444. The van der Waals surface area contributed by atoms with Crippen molar-refractivity contribution in [3.05, 3.63) is 0 Å². The van der Waals surface area contributed by atoms with E-state index < -0.39 is 12.1 Å². The fraction of sp³-hybridized carbons (Fsp3) is 0.750. The summed E-state index contributed by atoms with van der Waals surface area (Å²) in [5.74, 6) is 0. The van der Waals surface area contributed by atoms with E-state index in [0.29, 0.717) is 13.1 Å². The van der Waals surface area contributed by atoms with Crippen molar-refractivity contribution in [1.82, 2.24) is 9.80 Å². The summed E-state index contributed by atoms with van der Waals surface area (Å²) in [5.41, 5.74) is 0. The predicted molar refractivity (Wildman–Crippen MR) is 56.0 cm³/mol. The molecule has 6 heteroatoms. The van der Waals surface area contributed by atoms with Crippen LogP contribution in [0, 0.1) is 0 Å². The third-order valence-electron chi connectivity index (χ3n) is 1.81. The van der Waals surface area contributed by atoms with Crippen LogP contribution < -0.4 is 0 Å². The Bertz CT molecular complexity index is 195. The highest BCUT2D eigenvalue weighted by Gasteiger charge is 2.22. The maximum Gasteiger partial charge on any atom is 0.415 e. The maximum absolute atomic E-state index is 11.4. The molecule has 5 nitrogen and oxygen atoms in total. The zero-order valence-corrected chi connectivity index (χ0v) is 9.50. The molecule has 0 saturated carbocycles. The molecule has 0 aliphatic carbocycles. The Balaban J connectivity index is 0. The van der Waals surface area contributed by atoms with Gasteiger partial charge in [-0.3, -0.25) is 0 Å².